The number of fused-ring (bicyclic) bond motifs is 4. The van der Waals surface area contributed by atoms with Gasteiger partial charge in [-0.3, -0.25) is 4.57 Å². The molecule has 11 rings (SSSR count). The van der Waals surface area contributed by atoms with Crippen molar-refractivity contribution in [2.24, 2.45) is 0 Å². The molecule has 10 aromatic rings. The molecule has 334 valence electrons. The van der Waals surface area contributed by atoms with Crippen molar-refractivity contribution >= 4 is 44.6 Å². The third kappa shape index (κ3) is 7.98. The van der Waals surface area contributed by atoms with Crippen molar-refractivity contribution < 1.29 is 4.74 Å². The highest BCUT2D eigenvalue weighted by atomic mass is 16.5. The molecule has 0 fully saturated rings. The van der Waals surface area contributed by atoms with Crippen LogP contribution in [0.4, 0.5) is 22.7 Å². The molecule has 0 amide bonds. The van der Waals surface area contributed by atoms with Crippen molar-refractivity contribution in [3.8, 4) is 50.7 Å². The molecule has 3 heterocycles. The molecule has 0 spiro atoms. The first-order valence-electron chi connectivity index (χ1n) is 23.7. The molecule has 0 bridgehead atoms. The molecule has 8 aromatic carbocycles. The van der Waals surface area contributed by atoms with E-state index in [0.29, 0.717) is 6.67 Å². The minimum absolute atomic E-state index is 0.00104. The monoisotopic (exact) mass is 884 g/mol. The Balaban J connectivity index is 0.952. The number of rotatable bonds is 8. The van der Waals surface area contributed by atoms with E-state index in [9.17, 15) is 0 Å². The van der Waals surface area contributed by atoms with Gasteiger partial charge in [0.2, 0.25) is 0 Å². The van der Waals surface area contributed by atoms with Gasteiger partial charge in [0.25, 0.3) is 0 Å². The predicted molar refractivity (Wildman–Crippen MR) is 286 cm³/mol. The molecule has 0 saturated carbocycles. The van der Waals surface area contributed by atoms with Gasteiger partial charge in [0.1, 0.15) is 24.0 Å². The smallest absolute Gasteiger partial charge is 0.137 e. The summed E-state index contributed by atoms with van der Waals surface area (Å²) in [4.78, 5) is 9.99. The standard InChI is InChI=1S/C63H56N4O/c1-42-32-61(64-40-56(42)45-22-16-23-48(34-45)62(2,3)4)67-57-31-28-49(63(5,6)7)37-55(57)54-30-29-53(39-60(54)67)68-52-25-17-24-50(38-52)65-41-66(59-27-15-14-26-58(59)65)51-35-46(43-18-10-8-11-19-43)33-47(36-51)44-20-12-9-13-21-44/h8-40H,41H2,1-7H3. The zero-order valence-corrected chi connectivity index (χ0v) is 40.0. The van der Waals surface area contributed by atoms with Crippen LogP contribution in [-0.2, 0) is 10.8 Å². The molecule has 5 nitrogen and oxygen atoms in total. The number of nitrogens with zero attached hydrogens (tertiary/aromatic N) is 4. The molecule has 68 heavy (non-hydrogen) atoms. The van der Waals surface area contributed by atoms with Crippen LogP contribution in [0.25, 0.3) is 61.0 Å². The van der Waals surface area contributed by atoms with E-state index in [4.69, 9.17) is 9.72 Å². The van der Waals surface area contributed by atoms with Gasteiger partial charge < -0.3 is 14.5 Å². The van der Waals surface area contributed by atoms with Gasteiger partial charge in [-0.1, -0.05) is 151 Å². The quantitative estimate of drug-likeness (QED) is 0.152. The number of aryl methyl sites for hydroxylation is 1. The zero-order chi connectivity index (χ0) is 46.7. The van der Waals surface area contributed by atoms with Crippen LogP contribution in [0.5, 0.6) is 11.5 Å². The average molecular weight is 885 g/mol. The fourth-order valence-electron chi connectivity index (χ4n) is 9.76. The first-order chi connectivity index (χ1) is 32.9. The summed E-state index contributed by atoms with van der Waals surface area (Å²) < 4.78 is 9.15. The number of para-hydroxylation sites is 2. The van der Waals surface area contributed by atoms with Gasteiger partial charge in [0.15, 0.2) is 0 Å². The molecule has 0 aliphatic carbocycles. The lowest BCUT2D eigenvalue weighted by Gasteiger charge is -2.24. The van der Waals surface area contributed by atoms with Crippen LogP contribution in [0.2, 0.25) is 0 Å². The number of aromatic nitrogens is 2. The van der Waals surface area contributed by atoms with Crippen LogP contribution in [-0.4, -0.2) is 16.2 Å². The second-order valence-electron chi connectivity index (χ2n) is 20.3. The number of hydrogen-bond acceptors (Lipinski definition) is 4. The van der Waals surface area contributed by atoms with E-state index in [0.717, 1.165) is 62.0 Å². The average Bonchev–Trinajstić information content (AvgIpc) is 3.90. The summed E-state index contributed by atoms with van der Waals surface area (Å²) in [6.45, 7) is 16.4. The van der Waals surface area contributed by atoms with Gasteiger partial charge in [-0.25, -0.2) is 4.98 Å². The molecule has 2 aromatic heterocycles. The first kappa shape index (κ1) is 42.7. The Morgan fingerprint density at radius 2 is 1.04 bits per heavy atom. The number of benzene rings is 8. The predicted octanol–water partition coefficient (Wildman–Crippen LogP) is 17.1. The summed E-state index contributed by atoms with van der Waals surface area (Å²) >= 11 is 0. The molecule has 1 aliphatic heterocycles. The molecule has 0 N–H and O–H groups in total. The minimum Gasteiger partial charge on any atom is -0.457 e. The SMILES string of the molecule is Cc1cc(-n2c3ccc(C(C)(C)C)cc3c3ccc(Oc4cccc(N5CN(c6cc(-c7ccccc7)cc(-c7ccccc7)c6)c6ccccc65)c4)cc32)ncc1-c1cccc(C(C)(C)C)c1. The maximum absolute atomic E-state index is 6.85. The molecule has 0 atom stereocenters. The van der Waals surface area contributed by atoms with Gasteiger partial charge in [-0.15, -0.1) is 0 Å². The Morgan fingerprint density at radius 1 is 0.441 bits per heavy atom. The molecule has 0 unspecified atom stereocenters. The molecular formula is C63H56N4O. The van der Waals surface area contributed by atoms with Crippen LogP contribution < -0.4 is 14.5 Å². The minimum atomic E-state index is -0.00104. The largest absolute Gasteiger partial charge is 0.457 e. The van der Waals surface area contributed by atoms with Gasteiger partial charge in [0.05, 0.1) is 22.4 Å². The van der Waals surface area contributed by atoms with Crippen molar-refractivity contribution in [2.45, 2.75) is 59.3 Å². The molecule has 0 saturated heterocycles. The number of pyridine rings is 1. The van der Waals surface area contributed by atoms with Crippen molar-refractivity contribution in [1.82, 2.24) is 9.55 Å². The second-order valence-corrected chi connectivity index (χ2v) is 20.3. The Bertz CT molecular complexity index is 3440. The van der Waals surface area contributed by atoms with E-state index in [2.05, 4.69) is 251 Å². The van der Waals surface area contributed by atoms with Crippen LogP contribution in [0, 0.1) is 6.92 Å². The van der Waals surface area contributed by atoms with E-state index in [-0.39, 0.29) is 10.8 Å². The normalized spacial score (nSPS) is 12.8. The van der Waals surface area contributed by atoms with Crippen LogP contribution >= 0.6 is 0 Å². The molecule has 0 radical (unpaired) electrons. The highest BCUT2D eigenvalue weighted by Gasteiger charge is 2.29. The van der Waals surface area contributed by atoms with Crippen LogP contribution in [0.15, 0.2) is 200 Å². The van der Waals surface area contributed by atoms with E-state index in [1.165, 1.54) is 49.9 Å². The number of ether oxygens (including phenoxy) is 1. The molecule has 1 aliphatic rings. The summed E-state index contributed by atoms with van der Waals surface area (Å²) in [6.07, 6.45) is 2.04. The van der Waals surface area contributed by atoms with Crippen molar-refractivity contribution in [2.75, 3.05) is 16.5 Å². The summed E-state index contributed by atoms with van der Waals surface area (Å²) in [5.41, 5.74) is 17.6. The third-order valence-electron chi connectivity index (χ3n) is 13.5. The van der Waals surface area contributed by atoms with E-state index < -0.39 is 0 Å². The molecular weight excluding hydrogens is 829 g/mol. The van der Waals surface area contributed by atoms with Crippen molar-refractivity contribution in [1.29, 1.82) is 0 Å². The summed E-state index contributed by atoms with van der Waals surface area (Å²) in [5, 5.41) is 2.36. The van der Waals surface area contributed by atoms with E-state index in [1.807, 2.05) is 12.3 Å². The highest BCUT2D eigenvalue weighted by molar-refractivity contribution is 6.10. The Kier molecular flexibility index (Phi) is 10.5. The van der Waals surface area contributed by atoms with Crippen LogP contribution in [0.3, 0.4) is 0 Å². The molecule has 5 heteroatoms. The third-order valence-corrected chi connectivity index (χ3v) is 13.5. The lowest BCUT2D eigenvalue weighted by Crippen LogP contribution is -2.24. The Hall–Kier alpha value is -7.89. The van der Waals surface area contributed by atoms with Crippen molar-refractivity contribution in [3.63, 3.8) is 0 Å². The lowest BCUT2D eigenvalue weighted by atomic mass is 9.85. The second kappa shape index (κ2) is 16.8. The Morgan fingerprint density at radius 3 is 1.71 bits per heavy atom. The highest BCUT2D eigenvalue weighted by Crippen LogP contribution is 2.47. The summed E-state index contributed by atoms with van der Waals surface area (Å²) in [5.74, 6) is 2.41. The van der Waals surface area contributed by atoms with E-state index in [1.54, 1.807) is 0 Å². The first-order valence-corrected chi connectivity index (χ1v) is 23.7. The summed E-state index contributed by atoms with van der Waals surface area (Å²) in [7, 11) is 0. The lowest BCUT2D eigenvalue weighted by molar-refractivity contribution is 0.483. The fourth-order valence-corrected chi connectivity index (χ4v) is 9.76. The number of hydrogen-bond donors (Lipinski definition) is 0. The fraction of sp³-hybridized carbons (Fsp3) is 0.159. The maximum Gasteiger partial charge on any atom is 0.137 e. The topological polar surface area (TPSA) is 33.5 Å². The Labute approximate surface area is 400 Å². The van der Waals surface area contributed by atoms with Gasteiger partial charge in [-0.05, 0) is 135 Å². The van der Waals surface area contributed by atoms with Gasteiger partial charge in [0, 0.05) is 46.0 Å². The maximum atomic E-state index is 6.85. The van der Waals surface area contributed by atoms with Gasteiger partial charge in [-0.2, -0.15) is 0 Å². The van der Waals surface area contributed by atoms with Crippen molar-refractivity contribution in [3.05, 3.63) is 217 Å². The summed E-state index contributed by atoms with van der Waals surface area (Å²) in [6, 6.07) is 69.9. The zero-order valence-electron chi connectivity index (χ0n) is 40.0. The number of anilines is 4. The van der Waals surface area contributed by atoms with Gasteiger partial charge >= 0.3 is 0 Å². The van der Waals surface area contributed by atoms with E-state index >= 15 is 0 Å². The van der Waals surface area contributed by atoms with Crippen LogP contribution in [0.1, 0.15) is 58.2 Å².